The summed E-state index contributed by atoms with van der Waals surface area (Å²) in [5.74, 6) is 0. The summed E-state index contributed by atoms with van der Waals surface area (Å²) in [5, 5.41) is 0. The zero-order valence-electron chi connectivity index (χ0n) is 8.73. The summed E-state index contributed by atoms with van der Waals surface area (Å²) in [6.07, 6.45) is 0.195. The Balaban J connectivity index is 3.13. The van der Waals surface area contributed by atoms with Gasteiger partial charge in [-0.05, 0) is 20.8 Å². The molecule has 1 N–H and O–H groups in total. The van der Waals surface area contributed by atoms with Crippen LogP contribution in [0.25, 0.3) is 0 Å². The lowest BCUT2D eigenvalue weighted by Crippen LogP contribution is -2.42. The van der Waals surface area contributed by atoms with E-state index in [4.69, 9.17) is 4.74 Å². The van der Waals surface area contributed by atoms with Crippen LogP contribution >= 0.6 is 0 Å². The molecule has 0 radical (unpaired) electrons. The molecule has 0 saturated heterocycles. The van der Waals surface area contributed by atoms with Gasteiger partial charge in [-0.1, -0.05) is 0 Å². The van der Waals surface area contributed by atoms with Gasteiger partial charge in [0.05, 0.1) is 0 Å². The largest absolute Gasteiger partial charge is 0.443 e. The molecular formula is C9H12N2O4. The predicted octanol–water partition coefficient (Wildman–Crippen LogP) is 0.320. The molecule has 82 valence electrons. The Bertz CT molecular complexity index is 450. The first kappa shape index (κ1) is 11.2. The fourth-order valence-electron chi connectivity index (χ4n) is 0.904. The molecule has 1 rings (SSSR count). The van der Waals surface area contributed by atoms with Gasteiger partial charge in [-0.15, -0.1) is 0 Å². The van der Waals surface area contributed by atoms with Gasteiger partial charge in [0.15, 0.2) is 0 Å². The van der Waals surface area contributed by atoms with E-state index in [1.807, 2.05) is 0 Å². The quantitative estimate of drug-likeness (QED) is 0.671. The molecule has 1 aromatic rings. The number of hydrogen-bond donors (Lipinski definition) is 1. The molecule has 0 spiro atoms. The Hall–Kier alpha value is -1.85. The lowest BCUT2D eigenvalue weighted by Gasteiger charge is -2.18. The summed E-state index contributed by atoms with van der Waals surface area (Å²) >= 11 is 0. The highest BCUT2D eigenvalue weighted by Crippen LogP contribution is 2.06. The van der Waals surface area contributed by atoms with Crippen LogP contribution in [0.1, 0.15) is 20.8 Å². The van der Waals surface area contributed by atoms with Crippen molar-refractivity contribution in [3.05, 3.63) is 33.1 Å². The lowest BCUT2D eigenvalue weighted by molar-refractivity contribution is 0.0523. The van der Waals surface area contributed by atoms with Crippen molar-refractivity contribution in [3.8, 4) is 0 Å². The van der Waals surface area contributed by atoms with Crippen molar-refractivity contribution in [2.24, 2.45) is 0 Å². The summed E-state index contributed by atoms with van der Waals surface area (Å²) in [6.45, 7) is 4.94. The number of aromatic nitrogens is 2. The average molecular weight is 212 g/mol. The highest BCUT2D eigenvalue weighted by atomic mass is 16.6. The molecule has 0 unspecified atom stereocenters. The molecule has 0 aliphatic carbocycles. The zero-order valence-corrected chi connectivity index (χ0v) is 8.73. The number of nitrogens with zero attached hydrogens (tertiary/aromatic N) is 1. The Morgan fingerprint density at radius 3 is 2.47 bits per heavy atom. The van der Waals surface area contributed by atoms with E-state index in [9.17, 15) is 14.4 Å². The lowest BCUT2D eigenvalue weighted by atomic mass is 10.2. The van der Waals surface area contributed by atoms with Gasteiger partial charge in [0.25, 0.3) is 5.56 Å². The molecule has 0 aromatic carbocycles. The van der Waals surface area contributed by atoms with Crippen LogP contribution in [0.15, 0.2) is 21.9 Å². The molecule has 0 bridgehead atoms. The molecule has 0 fully saturated rings. The Morgan fingerprint density at radius 1 is 1.40 bits per heavy atom. The number of H-pyrrole nitrogens is 1. The highest BCUT2D eigenvalue weighted by molar-refractivity contribution is 5.70. The minimum Gasteiger partial charge on any atom is -0.443 e. The predicted molar refractivity (Wildman–Crippen MR) is 53.0 cm³/mol. The Labute approximate surface area is 85.5 Å². The standard InChI is InChI=1S/C9H12N2O4/c1-9(2,3)15-8(14)11-6(12)4-5-10-7(11)13/h4-5H,1-3H3,(H,10,13). The fourth-order valence-corrected chi connectivity index (χ4v) is 0.904. The smallest absolute Gasteiger partial charge is 0.425 e. The summed E-state index contributed by atoms with van der Waals surface area (Å²) in [5.41, 5.74) is -2.27. The van der Waals surface area contributed by atoms with Crippen LogP contribution in [-0.2, 0) is 4.74 Å². The number of ether oxygens (including phenoxy) is 1. The van der Waals surface area contributed by atoms with Crippen molar-refractivity contribution >= 4 is 6.09 Å². The number of rotatable bonds is 0. The molecular weight excluding hydrogens is 200 g/mol. The summed E-state index contributed by atoms with van der Waals surface area (Å²) in [4.78, 5) is 36.0. The summed E-state index contributed by atoms with van der Waals surface area (Å²) in [6, 6.07) is 1.07. The van der Waals surface area contributed by atoms with Crippen molar-refractivity contribution < 1.29 is 9.53 Å². The van der Waals surface area contributed by atoms with Crippen molar-refractivity contribution in [1.29, 1.82) is 0 Å². The molecule has 6 heteroatoms. The first-order chi connectivity index (χ1) is 6.81. The van der Waals surface area contributed by atoms with Crippen molar-refractivity contribution in [2.75, 3.05) is 0 Å². The average Bonchev–Trinajstić information content (AvgIpc) is 1.99. The van der Waals surface area contributed by atoms with Gasteiger partial charge < -0.3 is 9.72 Å². The Kier molecular flexibility index (Phi) is 2.78. The van der Waals surface area contributed by atoms with E-state index in [-0.39, 0.29) is 0 Å². The van der Waals surface area contributed by atoms with Gasteiger partial charge in [0.1, 0.15) is 5.60 Å². The number of hydrogen-bond acceptors (Lipinski definition) is 4. The maximum atomic E-state index is 11.4. The van der Waals surface area contributed by atoms with Crippen LogP contribution in [0.5, 0.6) is 0 Å². The van der Waals surface area contributed by atoms with E-state index in [1.54, 1.807) is 20.8 Å². The second-order valence-corrected chi connectivity index (χ2v) is 3.94. The fraction of sp³-hybridized carbons (Fsp3) is 0.444. The van der Waals surface area contributed by atoms with E-state index >= 15 is 0 Å². The summed E-state index contributed by atoms with van der Waals surface area (Å²) < 4.78 is 5.30. The van der Waals surface area contributed by atoms with Crippen molar-refractivity contribution in [2.45, 2.75) is 26.4 Å². The Morgan fingerprint density at radius 2 is 2.00 bits per heavy atom. The first-order valence-electron chi connectivity index (χ1n) is 4.35. The van der Waals surface area contributed by atoms with Crippen molar-refractivity contribution in [1.82, 2.24) is 9.55 Å². The topological polar surface area (TPSA) is 81.2 Å². The normalized spacial score (nSPS) is 11.1. The molecule has 1 heterocycles. The number of aromatic amines is 1. The molecule has 0 aliphatic heterocycles. The maximum Gasteiger partial charge on any atom is 0.425 e. The molecule has 1 aromatic heterocycles. The van der Waals surface area contributed by atoms with E-state index in [2.05, 4.69) is 4.98 Å². The molecule has 6 nitrogen and oxygen atoms in total. The zero-order chi connectivity index (χ0) is 11.6. The van der Waals surface area contributed by atoms with E-state index < -0.39 is 22.9 Å². The molecule has 0 atom stereocenters. The van der Waals surface area contributed by atoms with Gasteiger partial charge in [-0.2, -0.15) is 4.57 Å². The second-order valence-electron chi connectivity index (χ2n) is 3.94. The number of carbonyl (C=O) groups is 1. The molecule has 0 saturated carbocycles. The third-order valence-electron chi connectivity index (χ3n) is 1.43. The third kappa shape index (κ3) is 2.80. The maximum absolute atomic E-state index is 11.4. The highest BCUT2D eigenvalue weighted by Gasteiger charge is 2.20. The van der Waals surface area contributed by atoms with Crippen molar-refractivity contribution in [3.63, 3.8) is 0 Å². The van der Waals surface area contributed by atoms with Gasteiger partial charge in [-0.25, -0.2) is 9.59 Å². The van der Waals surface area contributed by atoms with E-state index in [0.717, 1.165) is 6.07 Å². The van der Waals surface area contributed by atoms with Gasteiger partial charge in [0.2, 0.25) is 0 Å². The van der Waals surface area contributed by atoms with Crippen LogP contribution < -0.4 is 11.2 Å². The van der Waals surface area contributed by atoms with E-state index in [0.29, 0.717) is 4.57 Å². The van der Waals surface area contributed by atoms with Crippen LogP contribution in [0, 0.1) is 0 Å². The van der Waals surface area contributed by atoms with Gasteiger partial charge in [0, 0.05) is 12.3 Å². The first-order valence-corrected chi connectivity index (χ1v) is 4.35. The SMILES string of the molecule is CC(C)(C)OC(=O)n1c(=O)cc[nH]c1=O. The molecule has 0 amide bonds. The minimum absolute atomic E-state index is 0.408. The second kappa shape index (κ2) is 3.72. The van der Waals surface area contributed by atoms with Gasteiger partial charge in [-0.3, -0.25) is 4.79 Å². The third-order valence-corrected chi connectivity index (χ3v) is 1.43. The monoisotopic (exact) mass is 212 g/mol. The van der Waals surface area contributed by atoms with Crippen LogP contribution in [-0.4, -0.2) is 21.2 Å². The van der Waals surface area contributed by atoms with Gasteiger partial charge >= 0.3 is 11.8 Å². The van der Waals surface area contributed by atoms with Crippen LogP contribution in [0.4, 0.5) is 4.79 Å². The van der Waals surface area contributed by atoms with Crippen LogP contribution in [0.3, 0.4) is 0 Å². The number of nitrogens with one attached hydrogen (secondary N) is 1. The van der Waals surface area contributed by atoms with E-state index in [1.165, 1.54) is 6.20 Å². The summed E-state index contributed by atoms with van der Waals surface area (Å²) in [7, 11) is 0. The minimum atomic E-state index is -0.977. The number of carbonyl (C=O) groups excluding carboxylic acids is 1. The molecule has 15 heavy (non-hydrogen) atoms. The van der Waals surface area contributed by atoms with Crippen LogP contribution in [0.2, 0.25) is 0 Å². The molecule has 0 aliphatic rings.